The van der Waals surface area contributed by atoms with Crippen molar-refractivity contribution in [2.24, 2.45) is 0 Å². The van der Waals surface area contributed by atoms with E-state index in [4.69, 9.17) is 0 Å². The number of hydrogen-bond donors (Lipinski definition) is 0. The minimum Gasteiger partial charge on any atom is -0.375 e. The van der Waals surface area contributed by atoms with Crippen LogP contribution in [0, 0.1) is 0 Å². The number of rotatable bonds is 4. The van der Waals surface area contributed by atoms with Gasteiger partial charge < -0.3 is 4.90 Å². The molecule has 1 fully saturated rings. The van der Waals surface area contributed by atoms with E-state index in [1.807, 2.05) is 6.20 Å². The molecule has 0 spiro atoms. The third-order valence-electron chi connectivity index (χ3n) is 2.55. The highest BCUT2D eigenvalue weighted by atomic mass is 15.2. The molecule has 0 N–H and O–H groups in total. The summed E-state index contributed by atoms with van der Waals surface area (Å²) in [6.07, 6.45) is 8.80. The van der Waals surface area contributed by atoms with Gasteiger partial charge in [-0.15, -0.1) is 0 Å². The zero-order valence-electron chi connectivity index (χ0n) is 7.55. The van der Waals surface area contributed by atoms with Crippen LogP contribution in [0.1, 0.15) is 39.0 Å². The second-order valence-corrected chi connectivity index (χ2v) is 3.36. The van der Waals surface area contributed by atoms with Crippen molar-refractivity contribution < 1.29 is 0 Å². The van der Waals surface area contributed by atoms with Crippen LogP contribution in [0.25, 0.3) is 0 Å². The number of nitrogens with zero attached hydrogens (tertiary/aromatic N) is 1. The quantitative estimate of drug-likeness (QED) is 0.600. The molecule has 1 nitrogen and oxygen atoms in total. The monoisotopic (exact) mass is 153 g/mol. The molecule has 1 rings (SSSR count). The molecule has 1 heteroatoms. The molecule has 0 amide bonds. The molecule has 11 heavy (non-hydrogen) atoms. The van der Waals surface area contributed by atoms with Gasteiger partial charge in [0.15, 0.2) is 0 Å². The zero-order chi connectivity index (χ0) is 8.10. The summed E-state index contributed by atoms with van der Waals surface area (Å²) >= 11 is 0. The van der Waals surface area contributed by atoms with E-state index in [2.05, 4.69) is 18.4 Å². The topological polar surface area (TPSA) is 3.24 Å². The molecule has 0 aromatic heterocycles. The minimum absolute atomic E-state index is 0.812. The maximum Gasteiger partial charge on any atom is 0.0284 e. The van der Waals surface area contributed by atoms with Gasteiger partial charge in [0.1, 0.15) is 0 Å². The van der Waals surface area contributed by atoms with Gasteiger partial charge in [0.2, 0.25) is 0 Å². The largest absolute Gasteiger partial charge is 0.375 e. The lowest BCUT2D eigenvalue weighted by Crippen LogP contribution is -2.23. The molecular weight excluding hydrogens is 134 g/mol. The summed E-state index contributed by atoms with van der Waals surface area (Å²) in [5.41, 5.74) is 0. The first-order valence-electron chi connectivity index (χ1n) is 4.76. The first-order chi connectivity index (χ1) is 5.38. The van der Waals surface area contributed by atoms with Gasteiger partial charge >= 0.3 is 0 Å². The normalized spacial score (nSPS) is 24.1. The van der Waals surface area contributed by atoms with Gasteiger partial charge in [0.05, 0.1) is 0 Å². The van der Waals surface area contributed by atoms with Crippen LogP contribution in [-0.4, -0.2) is 17.5 Å². The average molecular weight is 153 g/mol. The predicted octanol–water partition coefficient (Wildman–Crippen LogP) is 2.78. The summed E-state index contributed by atoms with van der Waals surface area (Å²) in [7, 11) is 0. The van der Waals surface area contributed by atoms with Gasteiger partial charge in [-0.25, -0.2) is 0 Å². The number of likely N-dealkylation sites (tertiary alicyclic amines) is 1. The fraction of sp³-hybridized carbons (Fsp3) is 0.800. The SMILES string of the molecule is C=CN1CCCC1CCCC. The Kier molecular flexibility index (Phi) is 3.47. The van der Waals surface area contributed by atoms with Crippen LogP contribution in [0.5, 0.6) is 0 Å². The molecule has 1 aliphatic heterocycles. The van der Waals surface area contributed by atoms with Crippen LogP contribution in [0.4, 0.5) is 0 Å². The zero-order valence-corrected chi connectivity index (χ0v) is 7.55. The molecule has 1 aliphatic rings. The summed E-state index contributed by atoms with van der Waals surface area (Å²) in [6, 6.07) is 0.812. The van der Waals surface area contributed by atoms with Crippen molar-refractivity contribution in [1.29, 1.82) is 0 Å². The highest BCUT2D eigenvalue weighted by Crippen LogP contribution is 2.21. The van der Waals surface area contributed by atoms with Crippen molar-refractivity contribution in [3.63, 3.8) is 0 Å². The van der Waals surface area contributed by atoms with Crippen molar-refractivity contribution in [1.82, 2.24) is 4.90 Å². The van der Waals surface area contributed by atoms with Gasteiger partial charge in [-0.05, 0) is 25.5 Å². The Balaban J connectivity index is 2.25. The number of unbranched alkanes of at least 4 members (excludes halogenated alkanes) is 1. The Morgan fingerprint density at radius 3 is 3.09 bits per heavy atom. The Hall–Kier alpha value is -0.460. The Morgan fingerprint density at radius 1 is 1.64 bits per heavy atom. The van der Waals surface area contributed by atoms with Crippen LogP contribution in [0.15, 0.2) is 12.8 Å². The van der Waals surface area contributed by atoms with Gasteiger partial charge in [0.25, 0.3) is 0 Å². The van der Waals surface area contributed by atoms with Crippen LogP contribution in [0.3, 0.4) is 0 Å². The predicted molar refractivity (Wildman–Crippen MR) is 49.5 cm³/mol. The van der Waals surface area contributed by atoms with Crippen molar-refractivity contribution in [3.05, 3.63) is 12.8 Å². The molecule has 0 bridgehead atoms. The van der Waals surface area contributed by atoms with Gasteiger partial charge in [-0.3, -0.25) is 0 Å². The lowest BCUT2D eigenvalue weighted by Gasteiger charge is -2.21. The molecular formula is C10H19N. The Bertz CT molecular complexity index is 120. The van der Waals surface area contributed by atoms with Crippen molar-refractivity contribution >= 4 is 0 Å². The smallest absolute Gasteiger partial charge is 0.0284 e. The van der Waals surface area contributed by atoms with Crippen molar-refractivity contribution in [3.8, 4) is 0 Å². The molecule has 0 aromatic carbocycles. The lowest BCUT2D eigenvalue weighted by atomic mass is 10.1. The summed E-state index contributed by atoms with van der Waals surface area (Å²) in [4.78, 5) is 2.40. The van der Waals surface area contributed by atoms with Gasteiger partial charge in [0, 0.05) is 12.6 Å². The molecule has 1 saturated heterocycles. The molecule has 64 valence electrons. The van der Waals surface area contributed by atoms with Gasteiger partial charge in [-0.2, -0.15) is 0 Å². The van der Waals surface area contributed by atoms with E-state index in [0.29, 0.717) is 0 Å². The summed E-state index contributed by atoms with van der Waals surface area (Å²) in [5, 5.41) is 0. The van der Waals surface area contributed by atoms with E-state index < -0.39 is 0 Å². The fourth-order valence-corrected chi connectivity index (χ4v) is 1.85. The molecule has 0 saturated carbocycles. The third-order valence-corrected chi connectivity index (χ3v) is 2.55. The van der Waals surface area contributed by atoms with E-state index in [1.54, 1.807) is 0 Å². The van der Waals surface area contributed by atoms with Crippen molar-refractivity contribution in [2.75, 3.05) is 6.54 Å². The number of hydrogen-bond acceptors (Lipinski definition) is 1. The molecule has 0 radical (unpaired) electrons. The van der Waals surface area contributed by atoms with E-state index in [-0.39, 0.29) is 0 Å². The van der Waals surface area contributed by atoms with E-state index >= 15 is 0 Å². The van der Waals surface area contributed by atoms with Crippen LogP contribution >= 0.6 is 0 Å². The third kappa shape index (κ3) is 2.25. The summed E-state index contributed by atoms with van der Waals surface area (Å²) in [5.74, 6) is 0. The van der Waals surface area contributed by atoms with Crippen LogP contribution in [-0.2, 0) is 0 Å². The maximum absolute atomic E-state index is 3.83. The van der Waals surface area contributed by atoms with Crippen molar-refractivity contribution in [2.45, 2.75) is 45.1 Å². The van der Waals surface area contributed by atoms with Gasteiger partial charge in [-0.1, -0.05) is 26.3 Å². The van der Waals surface area contributed by atoms with E-state index in [0.717, 1.165) is 6.04 Å². The molecule has 1 atom stereocenters. The highest BCUT2D eigenvalue weighted by molar-refractivity contribution is 4.85. The minimum atomic E-state index is 0.812. The first-order valence-corrected chi connectivity index (χ1v) is 4.76. The second-order valence-electron chi connectivity index (χ2n) is 3.36. The summed E-state index contributed by atoms with van der Waals surface area (Å²) in [6.45, 7) is 7.32. The van der Waals surface area contributed by atoms with E-state index in [1.165, 1.54) is 38.6 Å². The average Bonchev–Trinajstić information content (AvgIpc) is 2.47. The fourth-order valence-electron chi connectivity index (χ4n) is 1.85. The first kappa shape index (κ1) is 8.63. The molecule has 1 heterocycles. The molecule has 1 unspecified atom stereocenters. The maximum atomic E-state index is 3.83. The Labute approximate surface area is 70.1 Å². The van der Waals surface area contributed by atoms with Crippen LogP contribution < -0.4 is 0 Å². The Morgan fingerprint density at radius 2 is 2.45 bits per heavy atom. The molecule has 0 aliphatic carbocycles. The van der Waals surface area contributed by atoms with Crippen LogP contribution in [0.2, 0.25) is 0 Å². The highest BCUT2D eigenvalue weighted by Gasteiger charge is 2.19. The van der Waals surface area contributed by atoms with E-state index in [9.17, 15) is 0 Å². The lowest BCUT2D eigenvalue weighted by molar-refractivity contribution is 0.327. The molecule has 0 aromatic rings. The second kappa shape index (κ2) is 4.42. The summed E-state index contributed by atoms with van der Waals surface area (Å²) < 4.78 is 0. The standard InChI is InChI=1S/C10H19N/c1-3-5-7-10-8-6-9-11(10)4-2/h4,10H,2-3,5-9H2,1H3.